The van der Waals surface area contributed by atoms with Crippen LogP contribution in [0.3, 0.4) is 0 Å². The molecule has 31 heavy (non-hydrogen) atoms. The maximum Gasteiger partial charge on any atom is 0.0237 e. The second-order valence-corrected chi connectivity index (χ2v) is 10.2. The van der Waals surface area contributed by atoms with E-state index in [1.807, 2.05) is 0 Å². The first kappa shape index (κ1) is 22.6. The van der Waals surface area contributed by atoms with Gasteiger partial charge in [-0.3, -0.25) is 4.90 Å². The minimum Gasteiger partial charge on any atom is -0.316 e. The van der Waals surface area contributed by atoms with E-state index in [9.17, 15) is 0 Å². The zero-order valence-corrected chi connectivity index (χ0v) is 19.4. The summed E-state index contributed by atoms with van der Waals surface area (Å²) in [5.41, 5.74) is 2.86. The Balaban J connectivity index is 1.22. The van der Waals surface area contributed by atoms with E-state index in [1.54, 1.807) is 0 Å². The molecule has 1 N–H and O–H groups in total. The molecule has 2 fully saturated rings. The Kier molecular flexibility index (Phi) is 9.03. The van der Waals surface area contributed by atoms with Crippen molar-refractivity contribution in [3.05, 3.63) is 71.8 Å². The summed E-state index contributed by atoms with van der Waals surface area (Å²) in [6.45, 7) is 5.85. The zero-order chi connectivity index (χ0) is 21.1. The smallest absolute Gasteiger partial charge is 0.0237 e. The number of hydrogen-bond acceptors (Lipinski definition) is 2. The average Bonchev–Trinajstić information content (AvgIpc) is 2.82. The highest BCUT2D eigenvalue weighted by Crippen LogP contribution is 2.30. The number of nitrogens with zero attached hydrogens (tertiary/aromatic N) is 1. The first-order valence-corrected chi connectivity index (χ1v) is 12.9. The van der Waals surface area contributed by atoms with Crippen LogP contribution in [0.15, 0.2) is 60.7 Å². The third-order valence-corrected chi connectivity index (χ3v) is 7.57. The minimum atomic E-state index is 0.849. The normalized spacial score (nSPS) is 22.6. The van der Waals surface area contributed by atoms with Crippen molar-refractivity contribution >= 4 is 0 Å². The molecule has 2 saturated carbocycles. The van der Waals surface area contributed by atoms with Crippen molar-refractivity contribution in [3.63, 3.8) is 0 Å². The lowest BCUT2D eigenvalue weighted by Crippen LogP contribution is -2.34. The molecule has 0 radical (unpaired) electrons. The van der Waals surface area contributed by atoms with Crippen molar-refractivity contribution < 1.29 is 0 Å². The molecule has 0 aliphatic heterocycles. The summed E-state index contributed by atoms with van der Waals surface area (Å²) in [5, 5.41) is 3.84. The van der Waals surface area contributed by atoms with E-state index in [-0.39, 0.29) is 0 Å². The van der Waals surface area contributed by atoms with E-state index in [0.29, 0.717) is 0 Å². The van der Waals surface area contributed by atoms with Crippen LogP contribution >= 0.6 is 0 Å². The minimum absolute atomic E-state index is 0.849. The summed E-state index contributed by atoms with van der Waals surface area (Å²) in [7, 11) is 0. The van der Waals surface area contributed by atoms with Crippen molar-refractivity contribution in [1.29, 1.82) is 0 Å². The quantitative estimate of drug-likeness (QED) is 0.464. The number of hydrogen-bond donors (Lipinski definition) is 1. The third kappa shape index (κ3) is 7.77. The summed E-state index contributed by atoms with van der Waals surface area (Å²) in [4.78, 5) is 2.68. The predicted octanol–water partition coefficient (Wildman–Crippen LogP) is 6.67. The lowest BCUT2D eigenvalue weighted by Gasteiger charge is -2.33. The van der Waals surface area contributed by atoms with Gasteiger partial charge in [-0.2, -0.15) is 0 Å². The van der Waals surface area contributed by atoms with Gasteiger partial charge >= 0.3 is 0 Å². The summed E-state index contributed by atoms with van der Waals surface area (Å²) in [6.07, 6.45) is 12.9. The summed E-state index contributed by atoms with van der Waals surface area (Å²) < 4.78 is 0. The van der Waals surface area contributed by atoms with Gasteiger partial charge < -0.3 is 5.32 Å². The molecule has 2 aromatic rings. The van der Waals surface area contributed by atoms with Crippen molar-refractivity contribution in [1.82, 2.24) is 10.2 Å². The highest BCUT2D eigenvalue weighted by atomic mass is 15.1. The number of benzene rings is 2. The fourth-order valence-corrected chi connectivity index (χ4v) is 5.73. The van der Waals surface area contributed by atoms with E-state index < -0.39 is 0 Å². The van der Waals surface area contributed by atoms with E-state index in [2.05, 4.69) is 70.9 Å². The van der Waals surface area contributed by atoms with Crippen LogP contribution in [-0.2, 0) is 13.1 Å². The van der Waals surface area contributed by atoms with Crippen molar-refractivity contribution in [3.8, 4) is 0 Å². The van der Waals surface area contributed by atoms with E-state index in [1.165, 1.54) is 88.5 Å². The van der Waals surface area contributed by atoms with Gasteiger partial charge in [0, 0.05) is 19.6 Å². The van der Waals surface area contributed by atoms with E-state index >= 15 is 0 Å². The first-order chi connectivity index (χ1) is 15.3. The van der Waals surface area contributed by atoms with Crippen LogP contribution in [0.2, 0.25) is 0 Å². The fraction of sp³-hybridized carbons (Fsp3) is 0.586. The Morgan fingerprint density at radius 1 is 0.581 bits per heavy atom. The second kappa shape index (κ2) is 12.4. The lowest BCUT2D eigenvalue weighted by atomic mass is 9.81. The maximum atomic E-state index is 3.84. The average molecular weight is 419 g/mol. The molecule has 0 aromatic heterocycles. The van der Waals surface area contributed by atoms with Gasteiger partial charge in [-0.1, -0.05) is 79.9 Å². The lowest BCUT2D eigenvalue weighted by molar-refractivity contribution is 0.166. The van der Waals surface area contributed by atoms with Gasteiger partial charge in [-0.25, -0.2) is 0 Å². The molecule has 2 nitrogen and oxygen atoms in total. The number of nitrogens with one attached hydrogen (secondary N) is 1. The molecular weight excluding hydrogens is 376 g/mol. The van der Waals surface area contributed by atoms with E-state index in [0.717, 1.165) is 30.8 Å². The molecule has 2 heteroatoms. The monoisotopic (exact) mass is 418 g/mol. The van der Waals surface area contributed by atoms with Crippen LogP contribution in [0.1, 0.15) is 68.9 Å². The van der Waals surface area contributed by atoms with Gasteiger partial charge in [0.25, 0.3) is 0 Å². The zero-order valence-electron chi connectivity index (χ0n) is 19.4. The molecule has 168 valence electrons. The maximum absolute atomic E-state index is 3.84. The highest BCUT2D eigenvalue weighted by Gasteiger charge is 2.23. The van der Waals surface area contributed by atoms with Gasteiger partial charge in [0.15, 0.2) is 0 Å². The standard InChI is InChI=1S/C29H42N2/c1-4-10-25(11-5-1)20-30-21-26-16-18-29(19-17-26)24-31(22-27-12-6-2-7-13-27)23-28-14-8-3-9-15-28/h2-3,6-9,12-15,25-26,29-30H,1,4-5,10-11,16-24H2. The van der Waals surface area contributed by atoms with Crippen LogP contribution in [0.25, 0.3) is 0 Å². The molecule has 0 amide bonds. The summed E-state index contributed by atoms with van der Waals surface area (Å²) in [5.74, 6) is 2.70. The van der Waals surface area contributed by atoms with E-state index in [4.69, 9.17) is 0 Å². The molecule has 0 atom stereocenters. The molecule has 2 aromatic carbocycles. The van der Waals surface area contributed by atoms with Gasteiger partial charge in [0.2, 0.25) is 0 Å². The first-order valence-electron chi connectivity index (χ1n) is 12.9. The Bertz CT molecular complexity index is 673. The van der Waals surface area contributed by atoms with Crippen molar-refractivity contribution in [2.45, 2.75) is 70.9 Å². The largest absolute Gasteiger partial charge is 0.316 e. The van der Waals surface area contributed by atoms with Crippen LogP contribution < -0.4 is 5.32 Å². The number of rotatable bonds is 10. The molecule has 2 aliphatic rings. The molecule has 0 saturated heterocycles. The third-order valence-electron chi connectivity index (χ3n) is 7.57. The Morgan fingerprint density at radius 3 is 1.61 bits per heavy atom. The summed E-state index contributed by atoms with van der Waals surface area (Å²) in [6, 6.07) is 22.0. The Morgan fingerprint density at radius 2 is 1.06 bits per heavy atom. The molecule has 0 spiro atoms. The van der Waals surface area contributed by atoms with Gasteiger partial charge in [-0.15, -0.1) is 0 Å². The van der Waals surface area contributed by atoms with Crippen LogP contribution in [-0.4, -0.2) is 24.5 Å². The molecule has 2 aliphatic carbocycles. The van der Waals surface area contributed by atoms with Gasteiger partial charge in [0.05, 0.1) is 0 Å². The fourth-order valence-electron chi connectivity index (χ4n) is 5.73. The molecular formula is C29H42N2. The predicted molar refractivity (Wildman–Crippen MR) is 132 cm³/mol. The molecule has 0 heterocycles. The highest BCUT2D eigenvalue weighted by molar-refractivity contribution is 5.17. The second-order valence-electron chi connectivity index (χ2n) is 10.2. The topological polar surface area (TPSA) is 15.3 Å². The van der Waals surface area contributed by atoms with Crippen LogP contribution in [0, 0.1) is 17.8 Å². The molecule has 0 unspecified atom stereocenters. The summed E-state index contributed by atoms with van der Waals surface area (Å²) >= 11 is 0. The Labute approximate surface area is 190 Å². The van der Waals surface area contributed by atoms with Gasteiger partial charge in [-0.05, 0) is 80.5 Å². The van der Waals surface area contributed by atoms with Crippen LogP contribution in [0.4, 0.5) is 0 Å². The molecule has 4 rings (SSSR count). The van der Waals surface area contributed by atoms with Crippen LogP contribution in [0.5, 0.6) is 0 Å². The SMILES string of the molecule is c1ccc(CN(Cc2ccccc2)CC2CCC(CNCC3CCCCC3)CC2)cc1. The van der Waals surface area contributed by atoms with Crippen molar-refractivity contribution in [2.75, 3.05) is 19.6 Å². The Hall–Kier alpha value is -1.64. The molecule has 0 bridgehead atoms. The van der Waals surface area contributed by atoms with Crippen molar-refractivity contribution in [2.24, 2.45) is 17.8 Å². The van der Waals surface area contributed by atoms with Gasteiger partial charge in [0.1, 0.15) is 0 Å².